The molecule has 0 radical (unpaired) electrons. The number of nitrogens with zero attached hydrogens (tertiary/aromatic N) is 2. The molecule has 1 aliphatic heterocycles. The standard InChI is InChI=1S/C15H24N4O/c1-3-13-9-12(10-14(17-13)18-16)15(20)19-8-6-4-5-7-11(19)2/h9-11H,3-8,16H2,1-2H3,(H,17,18). The second kappa shape index (κ2) is 6.70. The van der Waals surface area contributed by atoms with Crippen LogP contribution in [0.3, 0.4) is 0 Å². The molecule has 0 saturated carbocycles. The summed E-state index contributed by atoms with van der Waals surface area (Å²) in [6.45, 7) is 4.99. The number of hydrogen-bond acceptors (Lipinski definition) is 4. The Morgan fingerprint density at radius 1 is 1.45 bits per heavy atom. The van der Waals surface area contributed by atoms with Crippen molar-refractivity contribution in [2.24, 2.45) is 5.84 Å². The number of rotatable bonds is 3. The Bertz CT molecular complexity index is 453. The number of pyridine rings is 1. The fourth-order valence-corrected chi connectivity index (χ4v) is 2.71. The molecule has 2 heterocycles. The number of amides is 1. The van der Waals surface area contributed by atoms with Gasteiger partial charge in [-0.05, 0) is 38.3 Å². The highest BCUT2D eigenvalue weighted by Crippen LogP contribution is 2.20. The molecule has 1 unspecified atom stereocenters. The average Bonchev–Trinajstić information content (AvgIpc) is 2.70. The van der Waals surface area contributed by atoms with Gasteiger partial charge in [0.25, 0.3) is 5.91 Å². The Kier molecular flexibility index (Phi) is 4.95. The van der Waals surface area contributed by atoms with E-state index in [9.17, 15) is 4.79 Å². The van der Waals surface area contributed by atoms with E-state index in [-0.39, 0.29) is 5.91 Å². The number of anilines is 1. The first kappa shape index (κ1) is 14.8. The lowest BCUT2D eigenvalue weighted by molar-refractivity contribution is 0.0697. The highest BCUT2D eigenvalue weighted by Gasteiger charge is 2.23. The van der Waals surface area contributed by atoms with Crippen molar-refractivity contribution in [1.29, 1.82) is 0 Å². The minimum absolute atomic E-state index is 0.0907. The molecule has 1 aliphatic rings. The molecule has 1 saturated heterocycles. The Labute approximate surface area is 120 Å². The minimum Gasteiger partial charge on any atom is -0.336 e. The quantitative estimate of drug-likeness (QED) is 0.656. The summed E-state index contributed by atoms with van der Waals surface area (Å²) in [7, 11) is 0. The van der Waals surface area contributed by atoms with Crippen molar-refractivity contribution in [3.63, 3.8) is 0 Å². The van der Waals surface area contributed by atoms with E-state index >= 15 is 0 Å². The summed E-state index contributed by atoms with van der Waals surface area (Å²) in [5, 5.41) is 0. The van der Waals surface area contributed by atoms with E-state index < -0.39 is 0 Å². The van der Waals surface area contributed by atoms with Crippen LogP contribution >= 0.6 is 0 Å². The van der Waals surface area contributed by atoms with Crippen LogP contribution in [0.15, 0.2) is 12.1 Å². The maximum absolute atomic E-state index is 12.7. The summed E-state index contributed by atoms with van der Waals surface area (Å²) in [4.78, 5) is 19.0. The third-order valence-corrected chi connectivity index (χ3v) is 3.95. The van der Waals surface area contributed by atoms with E-state index in [0.29, 0.717) is 17.4 Å². The number of aryl methyl sites for hydroxylation is 1. The lowest BCUT2D eigenvalue weighted by Crippen LogP contribution is -2.38. The molecule has 1 atom stereocenters. The van der Waals surface area contributed by atoms with Crippen LogP contribution in [0, 0.1) is 0 Å². The Morgan fingerprint density at radius 2 is 2.25 bits per heavy atom. The molecule has 1 aromatic rings. The Hall–Kier alpha value is -1.62. The molecule has 0 bridgehead atoms. The van der Waals surface area contributed by atoms with E-state index in [2.05, 4.69) is 17.3 Å². The van der Waals surface area contributed by atoms with Crippen LogP contribution in [-0.4, -0.2) is 28.4 Å². The van der Waals surface area contributed by atoms with Gasteiger partial charge in [-0.25, -0.2) is 10.8 Å². The third-order valence-electron chi connectivity index (χ3n) is 3.95. The predicted octanol–water partition coefficient (Wildman–Crippen LogP) is 2.33. The molecule has 0 spiro atoms. The minimum atomic E-state index is 0.0907. The molecule has 0 aliphatic carbocycles. The summed E-state index contributed by atoms with van der Waals surface area (Å²) in [5.74, 6) is 6.08. The lowest BCUT2D eigenvalue weighted by atomic mass is 10.1. The summed E-state index contributed by atoms with van der Waals surface area (Å²) in [6, 6.07) is 3.91. The van der Waals surface area contributed by atoms with Crippen molar-refractivity contribution in [1.82, 2.24) is 9.88 Å². The molecule has 0 aromatic carbocycles. The van der Waals surface area contributed by atoms with Crippen molar-refractivity contribution in [2.45, 2.75) is 52.0 Å². The van der Waals surface area contributed by atoms with E-state index in [1.54, 1.807) is 6.07 Å². The topological polar surface area (TPSA) is 71.2 Å². The van der Waals surface area contributed by atoms with Crippen molar-refractivity contribution in [3.05, 3.63) is 23.4 Å². The highest BCUT2D eigenvalue weighted by molar-refractivity contribution is 5.95. The van der Waals surface area contributed by atoms with Gasteiger partial charge in [0.05, 0.1) is 0 Å². The maximum atomic E-state index is 12.7. The number of nitrogen functional groups attached to an aromatic ring is 1. The second-order valence-corrected chi connectivity index (χ2v) is 5.43. The molecule has 20 heavy (non-hydrogen) atoms. The van der Waals surface area contributed by atoms with E-state index in [1.165, 1.54) is 12.8 Å². The summed E-state index contributed by atoms with van der Waals surface area (Å²) in [6.07, 6.45) is 5.37. The van der Waals surface area contributed by atoms with Crippen LogP contribution in [0.25, 0.3) is 0 Å². The zero-order valence-corrected chi connectivity index (χ0v) is 12.4. The summed E-state index contributed by atoms with van der Waals surface area (Å²) >= 11 is 0. The zero-order chi connectivity index (χ0) is 14.5. The van der Waals surface area contributed by atoms with Crippen molar-refractivity contribution < 1.29 is 4.79 Å². The monoisotopic (exact) mass is 276 g/mol. The second-order valence-electron chi connectivity index (χ2n) is 5.43. The molecular weight excluding hydrogens is 252 g/mol. The van der Waals surface area contributed by atoms with Gasteiger partial charge in [0.2, 0.25) is 0 Å². The van der Waals surface area contributed by atoms with Crippen LogP contribution < -0.4 is 11.3 Å². The number of carbonyl (C=O) groups is 1. The Morgan fingerprint density at radius 3 is 2.95 bits per heavy atom. The summed E-state index contributed by atoms with van der Waals surface area (Å²) < 4.78 is 0. The molecular formula is C15H24N4O. The van der Waals surface area contributed by atoms with Gasteiger partial charge in [0.15, 0.2) is 0 Å². The first-order chi connectivity index (χ1) is 9.65. The number of hydrazine groups is 1. The van der Waals surface area contributed by atoms with Crippen molar-refractivity contribution in [3.8, 4) is 0 Å². The maximum Gasteiger partial charge on any atom is 0.254 e. The van der Waals surface area contributed by atoms with Gasteiger partial charge in [-0.3, -0.25) is 4.79 Å². The van der Waals surface area contributed by atoms with Gasteiger partial charge in [-0.15, -0.1) is 0 Å². The number of nitrogens with two attached hydrogens (primary N) is 1. The van der Waals surface area contributed by atoms with E-state index in [1.807, 2.05) is 17.9 Å². The van der Waals surface area contributed by atoms with Crippen molar-refractivity contribution in [2.75, 3.05) is 12.0 Å². The molecule has 110 valence electrons. The molecule has 1 amide bonds. The van der Waals surface area contributed by atoms with E-state index in [0.717, 1.165) is 31.5 Å². The average molecular weight is 276 g/mol. The molecule has 1 fully saturated rings. The molecule has 5 nitrogen and oxygen atoms in total. The summed E-state index contributed by atoms with van der Waals surface area (Å²) in [5.41, 5.74) is 4.10. The van der Waals surface area contributed by atoms with Crippen LogP contribution in [0.2, 0.25) is 0 Å². The smallest absolute Gasteiger partial charge is 0.254 e. The first-order valence-corrected chi connectivity index (χ1v) is 7.44. The molecule has 3 N–H and O–H groups in total. The van der Waals surface area contributed by atoms with Crippen LogP contribution in [0.1, 0.15) is 55.6 Å². The Balaban J connectivity index is 2.26. The fraction of sp³-hybridized carbons (Fsp3) is 0.600. The molecule has 2 rings (SSSR count). The third kappa shape index (κ3) is 3.28. The lowest BCUT2D eigenvalue weighted by Gasteiger charge is -2.27. The number of aromatic nitrogens is 1. The zero-order valence-electron chi connectivity index (χ0n) is 12.4. The number of hydrogen-bond donors (Lipinski definition) is 2. The van der Waals surface area contributed by atoms with Gasteiger partial charge in [-0.1, -0.05) is 19.8 Å². The number of likely N-dealkylation sites (tertiary alicyclic amines) is 1. The van der Waals surface area contributed by atoms with Crippen LogP contribution in [0.5, 0.6) is 0 Å². The van der Waals surface area contributed by atoms with Gasteiger partial charge >= 0.3 is 0 Å². The molecule has 1 aromatic heterocycles. The van der Waals surface area contributed by atoms with E-state index in [4.69, 9.17) is 5.84 Å². The van der Waals surface area contributed by atoms with Gasteiger partial charge in [0, 0.05) is 23.8 Å². The van der Waals surface area contributed by atoms with Crippen molar-refractivity contribution >= 4 is 11.7 Å². The van der Waals surface area contributed by atoms with Gasteiger partial charge in [0.1, 0.15) is 5.82 Å². The first-order valence-electron chi connectivity index (χ1n) is 7.44. The SMILES string of the molecule is CCc1cc(C(=O)N2CCCCCC2C)cc(NN)n1. The van der Waals surface area contributed by atoms with Gasteiger partial charge < -0.3 is 10.3 Å². The fourth-order valence-electron chi connectivity index (χ4n) is 2.71. The number of carbonyl (C=O) groups excluding carboxylic acids is 1. The normalized spacial score (nSPS) is 19.6. The number of nitrogens with one attached hydrogen (secondary N) is 1. The van der Waals surface area contributed by atoms with Gasteiger partial charge in [-0.2, -0.15) is 0 Å². The van der Waals surface area contributed by atoms with Crippen LogP contribution in [0.4, 0.5) is 5.82 Å². The van der Waals surface area contributed by atoms with Crippen LogP contribution in [-0.2, 0) is 6.42 Å². The highest BCUT2D eigenvalue weighted by atomic mass is 16.2. The predicted molar refractivity (Wildman–Crippen MR) is 80.4 cm³/mol. The largest absolute Gasteiger partial charge is 0.336 e. The molecule has 5 heteroatoms.